The van der Waals surface area contributed by atoms with Crippen molar-refractivity contribution in [3.63, 3.8) is 0 Å². The van der Waals surface area contributed by atoms with Gasteiger partial charge in [0.05, 0.1) is 13.2 Å². The van der Waals surface area contributed by atoms with Gasteiger partial charge in [0.25, 0.3) is 5.65 Å². The number of nitrogens with one attached hydrogen (secondary N) is 1. The second kappa shape index (κ2) is 4.60. The van der Waals surface area contributed by atoms with Gasteiger partial charge in [-0.3, -0.25) is 4.79 Å². The molecule has 5 nitrogen and oxygen atoms in total. The van der Waals surface area contributed by atoms with E-state index in [-0.39, 0.29) is 19.2 Å². The molecular weight excluding hydrogens is 179 g/mol. The van der Waals surface area contributed by atoms with Crippen LogP contribution in [0.1, 0.15) is 0 Å². The highest BCUT2D eigenvalue weighted by atomic mass is 31.2. The zero-order valence-electron chi connectivity index (χ0n) is 7.41. The first kappa shape index (κ1) is 11.6. The number of aliphatic hydroxyl groups excluding tert-OH is 1. The third kappa shape index (κ3) is 4.49. The monoisotopic (exact) mass is 195 g/mol. The molecule has 0 radical (unpaired) electrons. The fourth-order valence-electron chi connectivity index (χ4n) is 0.487. The van der Waals surface area contributed by atoms with Crippen LogP contribution in [0.25, 0.3) is 0 Å². The van der Waals surface area contributed by atoms with Crippen molar-refractivity contribution in [1.82, 2.24) is 5.32 Å². The van der Waals surface area contributed by atoms with Crippen LogP contribution in [-0.4, -0.2) is 43.3 Å². The van der Waals surface area contributed by atoms with Crippen molar-refractivity contribution in [2.45, 2.75) is 6.04 Å². The lowest BCUT2D eigenvalue weighted by atomic mass is 10.3. The molecule has 0 spiro atoms. The Morgan fingerprint density at radius 2 is 2.17 bits per heavy atom. The largest absolute Gasteiger partial charge is 0.390 e. The van der Waals surface area contributed by atoms with Crippen molar-refractivity contribution in [1.29, 1.82) is 0 Å². The molecule has 0 aromatic heterocycles. The third-order valence-corrected chi connectivity index (χ3v) is 2.43. The Morgan fingerprint density at radius 3 is 2.50 bits per heavy atom. The number of rotatable bonds is 4. The van der Waals surface area contributed by atoms with Gasteiger partial charge in [-0.15, -0.1) is 0 Å². The van der Waals surface area contributed by atoms with Crippen LogP contribution in [0.3, 0.4) is 0 Å². The Labute approximate surface area is 71.7 Å². The molecule has 0 heterocycles. The van der Waals surface area contributed by atoms with Gasteiger partial charge in [-0.2, -0.15) is 0 Å². The van der Waals surface area contributed by atoms with E-state index in [0.29, 0.717) is 0 Å². The quantitative estimate of drug-likeness (QED) is 0.498. The normalized spacial score (nSPS) is 14.0. The summed E-state index contributed by atoms with van der Waals surface area (Å²) in [7, 11) is -2.68. The summed E-state index contributed by atoms with van der Waals surface area (Å²) in [5.74, 6) is 0. The number of carbonyl (C=O) groups excluding carboxylic acids is 1. The highest BCUT2D eigenvalue weighted by molar-refractivity contribution is 7.78. The predicted molar refractivity (Wildman–Crippen MR) is 46.6 cm³/mol. The topological polar surface area (TPSA) is 94.0 Å². The minimum absolute atomic E-state index is 0.0853. The molecule has 5 N–H and O–H groups in total. The van der Waals surface area contributed by atoms with E-state index in [1.165, 1.54) is 13.3 Å². The van der Waals surface area contributed by atoms with Gasteiger partial charge in [0.1, 0.15) is 6.04 Å². The Hall–Kier alpha value is -0.380. The van der Waals surface area contributed by atoms with E-state index in [2.05, 4.69) is 11.1 Å². The third-order valence-electron chi connectivity index (χ3n) is 1.29. The molecule has 0 rings (SSSR count). The maximum atomic E-state index is 11.1. The standard InChI is InChI=1S/C6H15N2O3P/c1-12(2,11)6(10)8-3-5(7)4-9/h5,9H,3-4,7H2,1-2H3,(H,8,10)/p+1/t5-/m0/s1. The van der Waals surface area contributed by atoms with Crippen LogP contribution in [0.4, 0.5) is 4.79 Å². The van der Waals surface area contributed by atoms with Crippen LogP contribution in [0, 0.1) is 0 Å². The zero-order valence-corrected chi connectivity index (χ0v) is 8.30. The van der Waals surface area contributed by atoms with E-state index in [1.54, 1.807) is 0 Å². The fraction of sp³-hybridized carbons (Fsp3) is 0.833. The molecular formula is C6H16N2O3P+. The van der Waals surface area contributed by atoms with E-state index in [1.807, 2.05) is 0 Å². The summed E-state index contributed by atoms with van der Waals surface area (Å²) in [4.78, 5) is 11.0. The van der Waals surface area contributed by atoms with Crippen molar-refractivity contribution < 1.29 is 20.2 Å². The van der Waals surface area contributed by atoms with E-state index in [4.69, 9.17) is 5.11 Å². The molecule has 0 saturated heterocycles. The zero-order chi connectivity index (χ0) is 9.78. The number of hydrogen-bond donors (Lipinski definition) is 3. The number of hydrogen-bond acceptors (Lipinski definition) is 3. The lowest BCUT2D eigenvalue weighted by Gasteiger charge is -2.09. The minimum atomic E-state index is -2.68. The summed E-state index contributed by atoms with van der Waals surface area (Å²) in [6.07, 6.45) is 0. The first-order valence-electron chi connectivity index (χ1n) is 3.65. The van der Waals surface area contributed by atoms with Crippen molar-refractivity contribution >= 4 is 12.8 Å². The van der Waals surface area contributed by atoms with Crippen LogP contribution < -0.4 is 11.1 Å². The molecule has 0 aliphatic heterocycles. The van der Waals surface area contributed by atoms with Crippen molar-refractivity contribution in [2.24, 2.45) is 0 Å². The summed E-state index contributed by atoms with van der Waals surface area (Å²) in [6, 6.07) is -0.236. The van der Waals surface area contributed by atoms with Crippen molar-refractivity contribution in [3.8, 4) is 0 Å². The highest BCUT2D eigenvalue weighted by Gasteiger charge is 2.19. The van der Waals surface area contributed by atoms with Crippen molar-refractivity contribution in [2.75, 3.05) is 26.5 Å². The highest BCUT2D eigenvalue weighted by Crippen LogP contribution is 2.36. The summed E-state index contributed by atoms with van der Waals surface area (Å²) in [5.41, 5.74) is 3.10. The van der Waals surface area contributed by atoms with E-state index in [9.17, 15) is 9.36 Å². The molecule has 0 bridgehead atoms. The van der Waals surface area contributed by atoms with E-state index >= 15 is 0 Å². The van der Waals surface area contributed by atoms with Crippen LogP contribution in [0.15, 0.2) is 0 Å². The van der Waals surface area contributed by atoms with Gasteiger partial charge in [-0.1, -0.05) is 0 Å². The second-order valence-corrected chi connectivity index (χ2v) is 6.19. The molecule has 0 aromatic rings. The summed E-state index contributed by atoms with van der Waals surface area (Å²) >= 11 is 0. The first-order valence-corrected chi connectivity index (χ1v) is 6.25. The summed E-state index contributed by atoms with van der Waals surface area (Å²) in [5, 5.41) is 11.0. The Bertz CT molecular complexity index is 201. The van der Waals surface area contributed by atoms with E-state index in [0.717, 1.165) is 0 Å². The van der Waals surface area contributed by atoms with Crippen molar-refractivity contribution in [3.05, 3.63) is 0 Å². The smallest absolute Gasteiger partial charge is 0.278 e. The van der Waals surface area contributed by atoms with Gasteiger partial charge in [0.15, 0.2) is 7.14 Å². The van der Waals surface area contributed by atoms with E-state index < -0.39 is 12.8 Å². The molecule has 0 aliphatic rings. The lowest BCUT2D eigenvalue weighted by molar-refractivity contribution is -0.422. The molecule has 12 heavy (non-hydrogen) atoms. The Morgan fingerprint density at radius 1 is 1.67 bits per heavy atom. The van der Waals surface area contributed by atoms with Crippen LogP contribution in [0.5, 0.6) is 0 Å². The fourth-order valence-corrected chi connectivity index (χ4v) is 0.959. The Kier molecular flexibility index (Phi) is 4.45. The van der Waals surface area contributed by atoms with Gasteiger partial charge in [-0.25, -0.2) is 0 Å². The molecule has 0 saturated carbocycles. The van der Waals surface area contributed by atoms with Gasteiger partial charge < -0.3 is 20.7 Å². The molecule has 0 fully saturated rings. The minimum Gasteiger partial charge on any atom is -0.390 e. The number of carbonyl (C=O) groups is 1. The second-order valence-electron chi connectivity index (χ2n) is 3.09. The van der Waals surface area contributed by atoms with Gasteiger partial charge >= 0.3 is 0 Å². The van der Waals surface area contributed by atoms with Crippen LogP contribution in [-0.2, 0) is 4.57 Å². The first-order chi connectivity index (χ1) is 5.38. The maximum absolute atomic E-state index is 11.1. The van der Waals surface area contributed by atoms with Crippen LogP contribution >= 0.6 is 7.14 Å². The molecule has 72 valence electrons. The SMILES string of the molecule is CP(C)(=O)C(=O)NC[C@H]([NH3+])CO. The summed E-state index contributed by atoms with van der Waals surface area (Å²) < 4.78 is 11.1. The van der Waals surface area contributed by atoms with Gasteiger partial charge in [-0.05, 0) is 13.3 Å². The Balaban J connectivity index is 3.81. The molecule has 0 aliphatic carbocycles. The molecule has 6 heteroatoms. The predicted octanol–water partition coefficient (Wildman–Crippen LogP) is -1.08. The maximum Gasteiger partial charge on any atom is 0.278 e. The van der Waals surface area contributed by atoms with Gasteiger partial charge in [0.2, 0.25) is 0 Å². The molecule has 1 atom stereocenters. The molecule has 1 amide bonds. The van der Waals surface area contributed by atoms with Gasteiger partial charge in [0, 0.05) is 0 Å². The summed E-state index contributed by atoms with van der Waals surface area (Å²) in [6.45, 7) is 2.98. The average molecular weight is 195 g/mol. The lowest BCUT2D eigenvalue weighted by Crippen LogP contribution is -2.66. The average Bonchev–Trinajstić information content (AvgIpc) is 1.97. The molecule has 0 unspecified atom stereocenters. The van der Waals surface area contributed by atoms with Crippen LogP contribution in [0.2, 0.25) is 0 Å². The number of aliphatic hydroxyl groups is 1. The number of amides is 1. The number of quaternary nitrogens is 1. The molecule has 0 aromatic carbocycles.